The van der Waals surface area contributed by atoms with Crippen molar-refractivity contribution >= 4 is 0 Å². The van der Waals surface area contributed by atoms with Gasteiger partial charge in [-0.05, 0) is 25.8 Å². The highest BCUT2D eigenvalue weighted by atomic mass is 16.5. The van der Waals surface area contributed by atoms with E-state index in [2.05, 4.69) is 22.0 Å². The number of nitrogens with zero attached hydrogens (tertiary/aromatic N) is 3. The molecule has 3 rings (SSSR count). The lowest BCUT2D eigenvalue weighted by molar-refractivity contribution is -0.0548. The van der Waals surface area contributed by atoms with Gasteiger partial charge in [-0.2, -0.15) is 4.98 Å². The van der Waals surface area contributed by atoms with Crippen molar-refractivity contribution < 1.29 is 9.26 Å². The molecule has 6 heteroatoms. The van der Waals surface area contributed by atoms with Crippen molar-refractivity contribution in [3.05, 3.63) is 11.7 Å². The molecule has 0 bridgehead atoms. The molecule has 0 spiro atoms. The maximum Gasteiger partial charge on any atom is 0.243 e. The van der Waals surface area contributed by atoms with Gasteiger partial charge in [0.2, 0.25) is 11.7 Å². The molecule has 2 fully saturated rings. The molecule has 0 aliphatic carbocycles. The summed E-state index contributed by atoms with van der Waals surface area (Å²) in [5.74, 6) is 1.19. The molecule has 20 heavy (non-hydrogen) atoms. The van der Waals surface area contributed by atoms with Crippen LogP contribution in [0.15, 0.2) is 4.52 Å². The van der Waals surface area contributed by atoms with Crippen LogP contribution in [-0.4, -0.2) is 40.8 Å². The molecule has 1 aromatic rings. The second-order valence-electron chi connectivity index (χ2n) is 5.85. The highest BCUT2D eigenvalue weighted by molar-refractivity contribution is 4.99. The molecule has 1 aromatic heterocycles. The first-order chi connectivity index (χ1) is 9.78. The smallest absolute Gasteiger partial charge is 0.243 e. The van der Waals surface area contributed by atoms with Crippen LogP contribution < -0.4 is 5.73 Å². The van der Waals surface area contributed by atoms with Crippen LogP contribution in [0.5, 0.6) is 0 Å². The van der Waals surface area contributed by atoms with Crippen LogP contribution in [0.3, 0.4) is 0 Å². The molecule has 0 aromatic carbocycles. The molecule has 3 unspecified atom stereocenters. The summed E-state index contributed by atoms with van der Waals surface area (Å²) < 4.78 is 11.2. The fourth-order valence-corrected chi connectivity index (χ4v) is 3.05. The van der Waals surface area contributed by atoms with Crippen LogP contribution >= 0.6 is 0 Å². The van der Waals surface area contributed by atoms with Gasteiger partial charge >= 0.3 is 0 Å². The van der Waals surface area contributed by atoms with E-state index in [9.17, 15) is 0 Å². The Morgan fingerprint density at radius 1 is 1.50 bits per heavy atom. The third kappa shape index (κ3) is 2.87. The normalized spacial score (nSPS) is 28.5. The number of unbranched alkanes of at least 4 members (excludes halogenated alkanes) is 1. The van der Waals surface area contributed by atoms with Crippen LogP contribution in [-0.2, 0) is 4.74 Å². The number of morpholine rings is 1. The first-order valence-electron chi connectivity index (χ1n) is 7.72. The van der Waals surface area contributed by atoms with Crippen molar-refractivity contribution in [1.29, 1.82) is 0 Å². The molecule has 112 valence electrons. The summed E-state index contributed by atoms with van der Waals surface area (Å²) in [6.45, 7) is 4.95. The Kier molecular flexibility index (Phi) is 4.33. The molecular weight excluding hydrogens is 256 g/mol. The first kappa shape index (κ1) is 14.0. The number of rotatable bonds is 5. The quantitative estimate of drug-likeness (QED) is 0.886. The van der Waals surface area contributed by atoms with Crippen LogP contribution in [0.1, 0.15) is 62.9 Å². The van der Waals surface area contributed by atoms with Gasteiger partial charge in [0.25, 0.3) is 0 Å². The second-order valence-corrected chi connectivity index (χ2v) is 5.85. The highest BCUT2D eigenvalue weighted by Crippen LogP contribution is 2.29. The molecule has 2 N–H and O–H groups in total. The van der Waals surface area contributed by atoms with E-state index in [1.54, 1.807) is 0 Å². The summed E-state index contributed by atoms with van der Waals surface area (Å²) in [5.41, 5.74) is 6.06. The fourth-order valence-electron chi connectivity index (χ4n) is 3.05. The highest BCUT2D eigenvalue weighted by Gasteiger charge is 2.35. The Morgan fingerprint density at radius 2 is 2.40 bits per heavy atom. The maximum atomic E-state index is 6.06. The van der Waals surface area contributed by atoms with Crippen LogP contribution in [0.25, 0.3) is 0 Å². The zero-order chi connectivity index (χ0) is 13.9. The van der Waals surface area contributed by atoms with Gasteiger partial charge in [0.05, 0.1) is 12.6 Å². The van der Waals surface area contributed by atoms with E-state index >= 15 is 0 Å². The second kappa shape index (κ2) is 6.20. The van der Waals surface area contributed by atoms with E-state index < -0.39 is 0 Å². The molecule has 0 saturated carbocycles. The molecule has 3 heterocycles. The van der Waals surface area contributed by atoms with Crippen molar-refractivity contribution in [2.24, 2.45) is 5.73 Å². The third-order valence-corrected chi connectivity index (χ3v) is 4.32. The number of aromatic nitrogens is 2. The third-order valence-electron chi connectivity index (χ3n) is 4.32. The van der Waals surface area contributed by atoms with Gasteiger partial charge in [0.15, 0.2) is 0 Å². The molecule has 6 nitrogen and oxygen atoms in total. The van der Waals surface area contributed by atoms with Crippen molar-refractivity contribution in [2.45, 2.75) is 57.2 Å². The Hall–Kier alpha value is -0.980. The molecule has 3 atom stereocenters. The van der Waals surface area contributed by atoms with E-state index in [0.29, 0.717) is 17.8 Å². The average Bonchev–Trinajstić information content (AvgIpc) is 3.12. The molecule has 2 aliphatic rings. The Bertz CT molecular complexity index is 437. The summed E-state index contributed by atoms with van der Waals surface area (Å²) in [7, 11) is 0. The van der Waals surface area contributed by atoms with E-state index in [4.69, 9.17) is 15.0 Å². The monoisotopic (exact) mass is 280 g/mol. The summed E-state index contributed by atoms with van der Waals surface area (Å²) in [4.78, 5) is 6.92. The van der Waals surface area contributed by atoms with E-state index in [-0.39, 0.29) is 12.1 Å². The minimum absolute atomic E-state index is 0.0692. The number of fused-ring (bicyclic) bond motifs is 1. The average molecular weight is 280 g/mol. The molecule has 2 saturated heterocycles. The molecule has 0 radical (unpaired) electrons. The number of hydrogen-bond donors (Lipinski definition) is 1. The van der Waals surface area contributed by atoms with Crippen molar-refractivity contribution in [3.63, 3.8) is 0 Å². The van der Waals surface area contributed by atoms with Gasteiger partial charge in [-0.15, -0.1) is 0 Å². The minimum Gasteiger partial charge on any atom is -0.367 e. The Morgan fingerprint density at radius 3 is 3.25 bits per heavy atom. The largest absolute Gasteiger partial charge is 0.367 e. The van der Waals surface area contributed by atoms with Gasteiger partial charge in [0.1, 0.15) is 6.10 Å². The predicted molar refractivity (Wildman–Crippen MR) is 74.0 cm³/mol. The topological polar surface area (TPSA) is 77.4 Å². The van der Waals surface area contributed by atoms with Gasteiger partial charge in [0, 0.05) is 12.6 Å². The number of ether oxygens (including phenoxy) is 1. The van der Waals surface area contributed by atoms with Gasteiger partial charge < -0.3 is 15.0 Å². The summed E-state index contributed by atoms with van der Waals surface area (Å²) >= 11 is 0. The van der Waals surface area contributed by atoms with E-state index in [1.807, 2.05) is 0 Å². The fraction of sp³-hybridized carbons (Fsp3) is 0.857. The lowest BCUT2D eigenvalue weighted by Crippen LogP contribution is -2.42. The first-order valence-corrected chi connectivity index (χ1v) is 7.72. The Balaban J connectivity index is 1.61. The van der Waals surface area contributed by atoms with Crippen molar-refractivity contribution in [1.82, 2.24) is 15.0 Å². The zero-order valence-corrected chi connectivity index (χ0v) is 12.1. The molecule has 0 amide bonds. The van der Waals surface area contributed by atoms with E-state index in [0.717, 1.165) is 39.0 Å². The molecule has 2 aliphatic heterocycles. The number of hydrogen-bond acceptors (Lipinski definition) is 6. The van der Waals surface area contributed by atoms with Crippen molar-refractivity contribution in [3.8, 4) is 0 Å². The summed E-state index contributed by atoms with van der Waals surface area (Å²) in [6, 6.07) is 0.434. The van der Waals surface area contributed by atoms with Gasteiger partial charge in [-0.25, -0.2) is 0 Å². The van der Waals surface area contributed by atoms with E-state index in [1.165, 1.54) is 12.8 Å². The standard InChI is InChI=1S/C14H24N4O2/c1-2-3-6-11(15)14-16-13(17-20-14)12-8-18-7-4-5-10(18)9-19-12/h10-12H,2-9,15H2,1H3. The van der Waals surface area contributed by atoms with Crippen LogP contribution in [0, 0.1) is 0 Å². The predicted octanol–water partition coefficient (Wildman–Crippen LogP) is 1.80. The lowest BCUT2D eigenvalue weighted by Gasteiger charge is -2.33. The van der Waals surface area contributed by atoms with Crippen LogP contribution in [0.4, 0.5) is 0 Å². The lowest BCUT2D eigenvalue weighted by atomic mass is 10.1. The zero-order valence-electron chi connectivity index (χ0n) is 12.1. The molecular formula is C14H24N4O2. The number of nitrogens with two attached hydrogens (primary N) is 1. The SMILES string of the molecule is CCCCC(N)c1nc(C2CN3CCCC3CO2)no1. The van der Waals surface area contributed by atoms with Crippen LogP contribution in [0.2, 0.25) is 0 Å². The Labute approximate surface area is 119 Å². The summed E-state index contributed by atoms with van der Waals surface area (Å²) in [5, 5.41) is 4.07. The summed E-state index contributed by atoms with van der Waals surface area (Å²) in [6.07, 6.45) is 5.52. The maximum absolute atomic E-state index is 6.06. The van der Waals surface area contributed by atoms with Gasteiger partial charge in [-0.3, -0.25) is 4.90 Å². The minimum atomic E-state index is -0.153. The van der Waals surface area contributed by atoms with Gasteiger partial charge in [-0.1, -0.05) is 24.9 Å². The van der Waals surface area contributed by atoms with Crippen molar-refractivity contribution in [2.75, 3.05) is 19.7 Å².